The quantitative estimate of drug-likeness (QED) is 0.648. The van der Waals surface area contributed by atoms with Crippen molar-refractivity contribution in [2.45, 2.75) is 50.4 Å². The summed E-state index contributed by atoms with van der Waals surface area (Å²) in [6, 6.07) is 3.90. The number of nitrogens with zero attached hydrogens (tertiary/aromatic N) is 5. The number of hydrogen-bond acceptors (Lipinski definition) is 7. The number of halogens is 3. The maximum Gasteiger partial charge on any atom is 0.387 e. The van der Waals surface area contributed by atoms with E-state index < -0.39 is 12.3 Å². The second-order valence-corrected chi connectivity index (χ2v) is 9.32. The lowest BCUT2D eigenvalue weighted by atomic mass is 9.77. The molecule has 2 aliphatic heterocycles. The number of alkyl halides is 3. The molecule has 1 aliphatic carbocycles. The Hall–Kier alpha value is -2.46. The van der Waals surface area contributed by atoms with E-state index in [4.69, 9.17) is 9.72 Å². The molecule has 10 heteroatoms. The van der Waals surface area contributed by atoms with Crippen molar-refractivity contribution in [2.75, 3.05) is 44.3 Å². The van der Waals surface area contributed by atoms with Gasteiger partial charge in [0.1, 0.15) is 11.4 Å². The van der Waals surface area contributed by atoms with E-state index in [-0.39, 0.29) is 18.2 Å². The third-order valence-corrected chi connectivity index (χ3v) is 6.77. The molecule has 0 N–H and O–H groups in total. The minimum absolute atomic E-state index is 0.0299. The third-order valence-electron chi connectivity index (χ3n) is 6.77. The van der Waals surface area contributed by atoms with Crippen LogP contribution in [0.5, 0.6) is 5.75 Å². The summed E-state index contributed by atoms with van der Waals surface area (Å²) < 4.78 is 49.9. The fourth-order valence-electron chi connectivity index (χ4n) is 4.84. The first-order chi connectivity index (χ1) is 15.9. The molecule has 0 aromatic carbocycles. The molecule has 0 amide bonds. The van der Waals surface area contributed by atoms with Crippen LogP contribution in [-0.2, 0) is 4.74 Å². The molecule has 2 saturated heterocycles. The van der Waals surface area contributed by atoms with Gasteiger partial charge in [-0.3, -0.25) is 9.88 Å². The second kappa shape index (κ2) is 9.06. The highest BCUT2D eigenvalue weighted by Crippen LogP contribution is 2.41. The first-order valence-electron chi connectivity index (χ1n) is 11.4. The van der Waals surface area contributed by atoms with Crippen molar-refractivity contribution in [3.63, 3.8) is 0 Å². The van der Waals surface area contributed by atoms with Crippen molar-refractivity contribution in [3.05, 3.63) is 30.2 Å². The van der Waals surface area contributed by atoms with Crippen molar-refractivity contribution in [1.29, 1.82) is 0 Å². The molecule has 0 spiro atoms. The van der Waals surface area contributed by atoms with Crippen molar-refractivity contribution in [1.82, 2.24) is 19.9 Å². The molecule has 178 valence electrons. The first kappa shape index (κ1) is 22.3. The molecule has 1 unspecified atom stereocenters. The smallest absolute Gasteiger partial charge is 0.387 e. The Morgan fingerprint density at radius 2 is 1.91 bits per heavy atom. The number of morpholine rings is 1. The Labute approximate surface area is 190 Å². The van der Waals surface area contributed by atoms with Crippen LogP contribution in [-0.4, -0.2) is 77.6 Å². The minimum Gasteiger partial charge on any atom is -0.433 e. The van der Waals surface area contributed by atoms with E-state index in [1.165, 1.54) is 12.3 Å². The van der Waals surface area contributed by atoms with Gasteiger partial charge in [-0.1, -0.05) is 0 Å². The van der Waals surface area contributed by atoms with E-state index >= 15 is 0 Å². The summed E-state index contributed by atoms with van der Waals surface area (Å²) in [7, 11) is 0. The average Bonchev–Trinajstić information content (AvgIpc) is 3.13. The Kier molecular flexibility index (Phi) is 6.13. The standard InChI is InChI=1S/C23H28F3N5O2/c1-23(26)2-3-31(14-23)22-28-19(15-8-17(9-15)30-4-6-32-7-5-30)11-20(29-22)16-10-18(13-27-12-16)33-21(24)25/h10-13,15,17,21H,2-9,14H2,1H3. The first-order valence-corrected chi connectivity index (χ1v) is 11.4. The van der Waals surface area contributed by atoms with Gasteiger partial charge in [0.05, 0.1) is 31.6 Å². The van der Waals surface area contributed by atoms with Gasteiger partial charge in [-0.05, 0) is 31.9 Å². The summed E-state index contributed by atoms with van der Waals surface area (Å²) >= 11 is 0. The summed E-state index contributed by atoms with van der Waals surface area (Å²) in [5.41, 5.74) is 0.741. The van der Waals surface area contributed by atoms with Crippen LogP contribution in [0.15, 0.2) is 24.5 Å². The number of pyridine rings is 1. The van der Waals surface area contributed by atoms with Gasteiger partial charge in [-0.25, -0.2) is 14.4 Å². The highest BCUT2D eigenvalue weighted by Gasteiger charge is 2.38. The average molecular weight is 464 g/mol. The Balaban J connectivity index is 1.42. The SMILES string of the molecule is CC1(F)CCN(c2nc(-c3cncc(OC(F)F)c3)cc(C3CC(N4CCOCC4)C3)n2)C1. The zero-order valence-corrected chi connectivity index (χ0v) is 18.6. The largest absolute Gasteiger partial charge is 0.433 e. The van der Waals surface area contributed by atoms with Crippen LogP contribution in [0.2, 0.25) is 0 Å². The predicted octanol–water partition coefficient (Wildman–Crippen LogP) is 3.66. The lowest BCUT2D eigenvalue weighted by Gasteiger charge is -2.44. The van der Waals surface area contributed by atoms with Crippen molar-refractivity contribution in [2.24, 2.45) is 0 Å². The van der Waals surface area contributed by atoms with Gasteiger partial charge >= 0.3 is 6.61 Å². The molecule has 4 heterocycles. The van der Waals surface area contributed by atoms with Crippen LogP contribution in [0.1, 0.15) is 37.8 Å². The summed E-state index contributed by atoms with van der Waals surface area (Å²) in [4.78, 5) is 17.8. The maximum absolute atomic E-state index is 14.5. The Morgan fingerprint density at radius 1 is 1.12 bits per heavy atom. The van der Waals surface area contributed by atoms with E-state index in [1.807, 2.05) is 11.0 Å². The lowest BCUT2D eigenvalue weighted by molar-refractivity contribution is -0.0500. The van der Waals surface area contributed by atoms with Crippen LogP contribution in [0.25, 0.3) is 11.3 Å². The zero-order chi connectivity index (χ0) is 23.0. The van der Waals surface area contributed by atoms with Crippen LogP contribution >= 0.6 is 0 Å². The maximum atomic E-state index is 14.5. The molecule has 0 bridgehead atoms. The highest BCUT2D eigenvalue weighted by molar-refractivity contribution is 5.62. The van der Waals surface area contributed by atoms with Crippen molar-refractivity contribution < 1.29 is 22.6 Å². The molecular weight excluding hydrogens is 435 g/mol. The normalized spacial score (nSPS) is 28.2. The van der Waals surface area contributed by atoms with Crippen LogP contribution in [0.3, 0.4) is 0 Å². The fourth-order valence-corrected chi connectivity index (χ4v) is 4.84. The van der Waals surface area contributed by atoms with E-state index in [1.54, 1.807) is 13.1 Å². The number of ether oxygens (including phenoxy) is 2. The molecule has 7 nitrogen and oxygen atoms in total. The van der Waals surface area contributed by atoms with Gasteiger partial charge in [0, 0.05) is 55.5 Å². The molecule has 1 saturated carbocycles. The van der Waals surface area contributed by atoms with Gasteiger partial charge in [0.15, 0.2) is 0 Å². The molecule has 3 aliphatic rings. The summed E-state index contributed by atoms with van der Waals surface area (Å²) in [6.45, 7) is 2.84. The Bertz CT molecular complexity index is 980. The zero-order valence-electron chi connectivity index (χ0n) is 18.6. The van der Waals surface area contributed by atoms with Gasteiger partial charge in [0.2, 0.25) is 5.95 Å². The molecule has 2 aromatic rings. The summed E-state index contributed by atoms with van der Waals surface area (Å²) in [5, 5.41) is 0. The number of aromatic nitrogens is 3. The van der Waals surface area contributed by atoms with E-state index in [0.29, 0.717) is 36.2 Å². The highest BCUT2D eigenvalue weighted by atomic mass is 19.3. The molecule has 33 heavy (non-hydrogen) atoms. The van der Waals surface area contributed by atoms with E-state index in [2.05, 4.69) is 19.6 Å². The van der Waals surface area contributed by atoms with Gasteiger partial charge in [-0.2, -0.15) is 8.78 Å². The summed E-state index contributed by atoms with van der Waals surface area (Å²) in [5.74, 6) is 0.711. The third kappa shape index (κ3) is 5.06. The number of anilines is 1. The van der Waals surface area contributed by atoms with Crippen molar-refractivity contribution >= 4 is 5.95 Å². The molecule has 1 atom stereocenters. The molecule has 0 radical (unpaired) electrons. The van der Waals surface area contributed by atoms with Crippen LogP contribution < -0.4 is 9.64 Å². The lowest BCUT2D eigenvalue weighted by Crippen LogP contribution is -2.49. The molecule has 3 fully saturated rings. The van der Waals surface area contributed by atoms with Gasteiger partial charge < -0.3 is 14.4 Å². The van der Waals surface area contributed by atoms with Crippen LogP contribution in [0, 0.1) is 0 Å². The van der Waals surface area contributed by atoms with Crippen molar-refractivity contribution in [3.8, 4) is 17.0 Å². The van der Waals surface area contributed by atoms with Gasteiger partial charge in [-0.15, -0.1) is 0 Å². The fraction of sp³-hybridized carbons (Fsp3) is 0.609. The molecule has 5 rings (SSSR count). The number of rotatable bonds is 6. The molecular formula is C23H28F3N5O2. The predicted molar refractivity (Wildman–Crippen MR) is 116 cm³/mol. The van der Waals surface area contributed by atoms with Crippen LogP contribution in [0.4, 0.5) is 19.1 Å². The monoisotopic (exact) mass is 463 g/mol. The second-order valence-electron chi connectivity index (χ2n) is 9.32. The summed E-state index contributed by atoms with van der Waals surface area (Å²) in [6.07, 6.45) is 5.20. The molecule has 2 aromatic heterocycles. The number of hydrogen-bond donors (Lipinski definition) is 0. The Morgan fingerprint density at radius 3 is 2.61 bits per heavy atom. The van der Waals surface area contributed by atoms with E-state index in [0.717, 1.165) is 44.8 Å². The minimum atomic E-state index is -2.93. The topological polar surface area (TPSA) is 63.6 Å². The van der Waals surface area contributed by atoms with E-state index in [9.17, 15) is 13.2 Å². The van der Waals surface area contributed by atoms with Gasteiger partial charge in [0.25, 0.3) is 0 Å².